The summed E-state index contributed by atoms with van der Waals surface area (Å²) >= 11 is 0. The summed E-state index contributed by atoms with van der Waals surface area (Å²) in [5.41, 5.74) is 0.350. The molecule has 1 rings (SSSR count). The van der Waals surface area contributed by atoms with Crippen molar-refractivity contribution in [1.29, 1.82) is 0 Å². The minimum absolute atomic E-state index is 0.0473. The minimum Gasteiger partial charge on any atom is -0.460 e. The standard InChI is InChI=1S/C6H10O3.C4H7NO/c1-5(2)6(8)9-4-3-7;6-4-2-1-3-5-4/h7H,1,3-4H2,2H3;1-3H2,(H,5,6). The lowest BCUT2D eigenvalue weighted by Crippen LogP contribution is -2.12. The smallest absolute Gasteiger partial charge is 0.333 e. The number of nitrogens with one attached hydrogen (secondary N) is 1. The van der Waals surface area contributed by atoms with Gasteiger partial charge in [0.15, 0.2) is 0 Å². The van der Waals surface area contributed by atoms with Crippen molar-refractivity contribution in [3.05, 3.63) is 12.2 Å². The molecular weight excluding hydrogens is 198 g/mol. The molecular formula is C10H17NO4. The highest BCUT2D eigenvalue weighted by Crippen LogP contribution is 1.93. The zero-order valence-electron chi connectivity index (χ0n) is 8.91. The molecule has 0 aromatic heterocycles. The molecule has 1 heterocycles. The van der Waals surface area contributed by atoms with Crippen LogP contribution >= 0.6 is 0 Å². The van der Waals surface area contributed by atoms with Crippen molar-refractivity contribution < 1.29 is 19.4 Å². The van der Waals surface area contributed by atoms with Gasteiger partial charge in [0.1, 0.15) is 6.61 Å². The average Bonchev–Trinajstić information content (AvgIpc) is 2.66. The van der Waals surface area contributed by atoms with Crippen LogP contribution in [0.2, 0.25) is 0 Å². The third-order valence-electron chi connectivity index (χ3n) is 1.58. The summed E-state index contributed by atoms with van der Waals surface area (Å²) in [6, 6.07) is 0. The molecule has 5 heteroatoms. The molecule has 86 valence electrons. The minimum atomic E-state index is -0.455. The number of aliphatic hydroxyl groups excluding tert-OH is 1. The van der Waals surface area contributed by atoms with Crippen LogP contribution in [0.15, 0.2) is 12.2 Å². The van der Waals surface area contributed by atoms with E-state index in [1.54, 1.807) is 6.92 Å². The van der Waals surface area contributed by atoms with Crippen LogP contribution in [0.4, 0.5) is 0 Å². The monoisotopic (exact) mass is 215 g/mol. The molecule has 5 nitrogen and oxygen atoms in total. The van der Waals surface area contributed by atoms with Crippen LogP contribution < -0.4 is 5.32 Å². The SMILES string of the molecule is C=C(C)C(=O)OCCO.O=C1CCCN1. The van der Waals surface area contributed by atoms with Gasteiger partial charge in [-0.25, -0.2) is 4.79 Å². The lowest BCUT2D eigenvalue weighted by molar-refractivity contribution is -0.139. The van der Waals surface area contributed by atoms with Crippen LogP contribution in [0, 0.1) is 0 Å². The van der Waals surface area contributed by atoms with E-state index in [9.17, 15) is 9.59 Å². The van der Waals surface area contributed by atoms with E-state index in [0.717, 1.165) is 19.4 Å². The average molecular weight is 215 g/mol. The molecule has 2 N–H and O–H groups in total. The first-order valence-corrected chi connectivity index (χ1v) is 4.78. The Labute approximate surface area is 89.1 Å². The molecule has 1 fully saturated rings. The fourth-order valence-corrected chi connectivity index (χ4v) is 0.827. The van der Waals surface area contributed by atoms with Gasteiger partial charge in [0, 0.05) is 18.5 Å². The summed E-state index contributed by atoms with van der Waals surface area (Å²) in [6.45, 7) is 5.70. The van der Waals surface area contributed by atoms with Gasteiger partial charge in [-0.2, -0.15) is 0 Å². The number of amides is 1. The highest BCUT2D eigenvalue weighted by molar-refractivity contribution is 5.86. The number of hydrogen-bond acceptors (Lipinski definition) is 4. The summed E-state index contributed by atoms with van der Waals surface area (Å²) in [6.07, 6.45) is 1.76. The lowest BCUT2D eigenvalue weighted by Gasteiger charge is -1.99. The maximum Gasteiger partial charge on any atom is 0.333 e. The van der Waals surface area contributed by atoms with E-state index in [-0.39, 0.29) is 19.1 Å². The fraction of sp³-hybridized carbons (Fsp3) is 0.600. The molecule has 0 saturated carbocycles. The van der Waals surface area contributed by atoms with E-state index in [1.165, 1.54) is 0 Å². The Kier molecular flexibility index (Phi) is 7.27. The number of esters is 1. The molecule has 0 spiro atoms. The Hall–Kier alpha value is -1.36. The second kappa shape index (κ2) is 7.99. The van der Waals surface area contributed by atoms with Gasteiger partial charge in [0.2, 0.25) is 5.91 Å². The van der Waals surface area contributed by atoms with Crippen molar-refractivity contribution in [3.8, 4) is 0 Å². The molecule has 1 saturated heterocycles. The van der Waals surface area contributed by atoms with Crippen molar-refractivity contribution in [1.82, 2.24) is 5.32 Å². The van der Waals surface area contributed by atoms with Gasteiger partial charge in [-0.3, -0.25) is 4.79 Å². The Morgan fingerprint density at radius 1 is 1.67 bits per heavy atom. The largest absolute Gasteiger partial charge is 0.460 e. The van der Waals surface area contributed by atoms with E-state index in [4.69, 9.17) is 5.11 Å². The number of aliphatic hydroxyl groups is 1. The molecule has 1 amide bonds. The van der Waals surface area contributed by atoms with E-state index >= 15 is 0 Å². The van der Waals surface area contributed by atoms with E-state index in [1.807, 2.05) is 0 Å². The molecule has 0 bridgehead atoms. The Morgan fingerprint density at radius 3 is 2.60 bits per heavy atom. The van der Waals surface area contributed by atoms with Crippen LogP contribution in [-0.4, -0.2) is 36.7 Å². The highest BCUT2D eigenvalue weighted by Gasteiger charge is 2.05. The fourth-order valence-electron chi connectivity index (χ4n) is 0.827. The van der Waals surface area contributed by atoms with Crippen LogP contribution in [0.3, 0.4) is 0 Å². The molecule has 0 aromatic rings. The zero-order valence-corrected chi connectivity index (χ0v) is 8.91. The molecule has 15 heavy (non-hydrogen) atoms. The van der Waals surface area contributed by atoms with E-state index in [0.29, 0.717) is 5.57 Å². The highest BCUT2D eigenvalue weighted by atomic mass is 16.5. The maximum atomic E-state index is 10.5. The maximum absolute atomic E-state index is 10.5. The summed E-state index contributed by atoms with van der Waals surface area (Å²) in [7, 11) is 0. The number of ether oxygens (including phenoxy) is 1. The van der Waals surface area contributed by atoms with Gasteiger partial charge in [-0.15, -0.1) is 0 Å². The summed E-state index contributed by atoms with van der Waals surface area (Å²) in [5.74, 6) is -0.251. The second-order valence-corrected chi connectivity index (χ2v) is 3.09. The normalized spacial score (nSPS) is 13.6. The van der Waals surface area contributed by atoms with Crippen molar-refractivity contribution in [2.24, 2.45) is 0 Å². The van der Waals surface area contributed by atoms with Crippen molar-refractivity contribution in [3.63, 3.8) is 0 Å². The second-order valence-electron chi connectivity index (χ2n) is 3.09. The van der Waals surface area contributed by atoms with Crippen LogP contribution in [0.1, 0.15) is 19.8 Å². The predicted molar refractivity (Wildman–Crippen MR) is 55.1 cm³/mol. The van der Waals surface area contributed by atoms with Gasteiger partial charge in [-0.05, 0) is 13.3 Å². The molecule has 0 aliphatic carbocycles. The van der Waals surface area contributed by atoms with Crippen molar-refractivity contribution >= 4 is 11.9 Å². The molecule has 0 atom stereocenters. The lowest BCUT2D eigenvalue weighted by atomic mass is 10.4. The Bertz CT molecular complexity index is 230. The first kappa shape index (κ1) is 13.6. The van der Waals surface area contributed by atoms with Crippen molar-refractivity contribution in [2.45, 2.75) is 19.8 Å². The number of carbonyl (C=O) groups excluding carboxylic acids is 2. The molecule has 0 radical (unpaired) electrons. The Morgan fingerprint density at radius 2 is 2.33 bits per heavy atom. The van der Waals surface area contributed by atoms with Crippen LogP contribution in [-0.2, 0) is 14.3 Å². The van der Waals surface area contributed by atoms with Gasteiger partial charge >= 0.3 is 5.97 Å². The van der Waals surface area contributed by atoms with Crippen molar-refractivity contribution in [2.75, 3.05) is 19.8 Å². The topological polar surface area (TPSA) is 75.6 Å². The number of hydrogen-bond donors (Lipinski definition) is 2. The van der Waals surface area contributed by atoms with Crippen LogP contribution in [0.5, 0.6) is 0 Å². The predicted octanol–water partition coefficient (Wildman–Crippen LogP) is -0.00560. The first-order valence-electron chi connectivity index (χ1n) is 4.78. The van der Waals surface area contributed by atoms with Gasteiger partial charge in [-0.1, -0.05) is 6.58 Å². The van der Waals surface area contributed by atoms with Gasteiger partial charge in [0.05, 0.1) is 6.61 Å². The summed E-state index contributed by atoms with van der Waals surface area (Å²) < 4.78 is 4.46. The third kappa shape index (κ3) is 7.69. The molecule has 1 aliphatic heterocycles. The zero-order chi connectivity index (χ0) is 11.7. The van der Waals surface area contributed by atoms with E-state index < -0.39 is 5.97 Å². The van der Waals surface area contributed by atoms with Crippen LogP contribution in [0.25, 0.3) is 0 Å². The molecule has 0 unspecified atom stereocenters. The van der Waals surface area contributed by atoms with Gasteiger partial charge in [0.25, 0.3) is 0 Å². The quantitative estimate of drug-likeness (QED) is 0.513. The Balaban J connectivity index is 0.000000280. The first-order chi connectivity index (χ1) is 7.07. The number of rotatable bonds is 3. The van der Waals surface area contributed by atoms with E-state index in [2.05, 4.69) is 16.6 Å². The third-order valence-corrected chi connectivity index (χ3v) is 1.58. The molecule has 1 aliphatic rings. The molecule has 0 aromatic carbocycles. The summed E-state index contributed by atoms with van der Waals surface area (Å²) in [4.78, 5) is 20.6. The number of carbonyl (C=O) groups is 2. The summed E-state index contributed by atoms with van der Waals surface area (Å²) in [5, 5.41) is 10.9. The van der Waals surface area contributed by atoms with Gasteiger partial charge < -0.3 is 15.2 Å².